The van der Waals surface area contributed by atoms with E-state index in [4.69, 9.17) is 4.74 Å². The minimum absolute atomic E-state index is 0.00744. The number of rotatable bonds is 1. The van der Waals surface area contributed by atoms with Crippen LogP contribution in [0, 0.1) is 0 Å². The lowest BCUT2D eigenvalue weighted by molar-refractivity contribution is 0.114. The highest BCUT2D eigenvalue weighted by molar-refractivity contribution is 5.24. The van der Waals surface area contributed by atoms with E-state index in [0.717, 1.165) is 44.1 Å². The molecular formula is C20H32O2. The molecule has 0 bridgehead atoms. The van der Waals surface area contributed by atoms with E-state index in [2.05, 4.69) is 39.0 Å². The molecule has 2 rings (SSSR count). The van der Waals surface area contributed by atoms with Crippen LogP contribution in [-0.4, -0.2) is 22.4 Å². The average Bonchev–Trinajstić information content (AvgIpc) is 3.05. The molecule has 1 unspecified atom stereocenters. The summed E-state index contributed by atoms with van der Waals surface area (Å²) in [5.41, 5.74) is 3.20. The lowest BCUT2D eigenvalue weighted by atomic mass is 9.88. The summed E-state index contributed by atoms with van der Waals surface area (Å²) in [7, 11) is 0. The summed E-state index contributed by atoms with van der Waals surface area (Å²) in [6.07, 6.45) is 13.4. The molecule has 0 aromatic heterocycles. The van der Waals surface area contributed by atoms with Gasteiger partial charge >= 0.3 is 0 Å². The normalized spacial score (nSPS) is 38.5. The summed E-state index contributed by atoms with van der Waals surface area (Å²) >= 11 is 0. The molecule has 0 radical (unpaired) electrons. The van der Waals surface area contributed by atoms with Crippen molar-refractivity contribution in [1.82, 2.24) is 0 Å². The van der Waals surface area contributed by atoms with Crippen LogP contribution in [0.2, 0.25) is 0 Å². The van der Waals surface area contributed by atoms with Gasteiger partial charge in [-0.1, -0.05) is 29.4 Å². The van der Waals surface area contributed by atoms with Crippen molar-refractivity contribution in [2.75, 3.05) is 0 Å². The van der Waals surface area contributed by atoms with Crippen molar-refractivity contribution in [2.45, 2.75) is 90.4 Å². The van der Waals surface area contributed by atoms with Gasteiger partial charge in [-0.3, -0.25) is 0 Å². The van der Waals surface area contributed by atoms with Crippen molar-refractivity contribution < 1.29 is 9.84 Å². The summed E-state index contributed by atoms with van der Waals surface area (Å²) in [6.45, 7) is 10.4. The minimum atomic E-state index is -0.759. The van der Waals surface area contributed by atoms with Gasteiger partial charge in [-0.05, 0) is 78.7 Å². The summed E-state index contributed by atoms with van der Waals surface area (Å²) in [5.74, 6) is 0. The number of hydrogen-bond acceptors (Lipinski definition) is 2. The van der Waals surface area contributed by atoms with Gasteiger partial charge in [0.05, 0.1) is 17.3 Å². The molecule has 2 heteroatoms. The van der Waals surface area contributed by atoms with Gasteiger partial charge in [-0.15, -0.1) is 0 Å². The molecule has 0 amide bonds. The SMILES string of the molecule is C/C1=C\C=C(\C(C)(C)O)CC[C@@]2(C)OC2CC/C(C)=C/CC1. The van der Waals surface area contributed by atoms with Crippen LogP contribution in [0.4, 0.5) is 0 Å². The maximum Gasteiger partial charge on any atom is 0.0923 e. The molecule has 1 heterocycles. The third-order valence-corrected chi connectivity index (χ3v) is 5.11. The Bertz CT molecular complexity index is 490. The molecule has 1 saturated heterocycles. The van der Waals surface area contributed by atoms with Gasteiger partial charge in [0.1, 0.15) is 0 Å². The maximum atomic E-state index is 10.4. The minimum Gasteiger partial charge on any atom is -0.386 e. The fourth-order valence-electron chi connectivity index (χ4n) is 3.18. The first-order valence-corrected chi connectivity index (χ1v) is 8.63. The molecule has 0 aromatic carbocycles. The third kappa shape index (κ3) is 4.82. The summed E-state index contributed by atoms with van der Waals surface area (Å²) < 4.78 is 5.96. The van der Waals surface area contributed by atoms with Crippen LogP contribution in [0.3, 0.4) is 0 Å². The summed E-state index contributed by atoms with van der Waals surface area (Å²) in [5, 5.41) is 10.4. The number of epoxide rings is 1. The smallest absolute Gasteiger partial charge is 0.0923 e. The maximum absolute atomic E-state index is 10.4. The Hall–Kier alpha value is -0.860. The average molecular weight is 304 g/mol. The Morgan fingerprint density at radius 1 is 1.14 bits per heavy atom. The molecule has 0 saturated carbocycles. The Morgan fingerprint density at radius 3 is 2.55 bits per heavy atom. The molecule has 1 aliphatic carbocycles. The second-order valence-corrected chi connectivity index (χ2v) is 7.81. The van der Waals surface area contributed by atoms with Gasteiger partial charge in [0.2, 0.25) is 0 Å². The number of hydrogen-bond donors (Lipinski definition) is 1. The van der Waals surface area contributed by atoms with Gasteiger partial charge in [0, 0.05) is 0 Å². The van der Waals surface area contributed by atoms with Crippen LogP contribution in [0.1, 0.15) is 73.1 Å². The molecule has 0 aromatic rings. The van der Waals surface area contributed by atoms with Gasteiger partial charge in [0.15, 0.2) is 0 Å². The lowest BCUT2D eigenvalue weighted by Gasteiger charge is -2.22. The van der Waals surface area contributed by atoms with E-state index in [9.17, 15) is 5.11 Å². The van der Waals surface area contributed by atoms with Gasteiger partial charge in [0.25, 0.3) is 0 Å². The zero-order valence-electron chi connectivity index (χ0n) is 14.9. The van der Waals surface area contributed by atoms with Crippen molar-refractivity contribution >= 4 is 0 Å². The molecule has 1 N–H and O–H groups in total. The van der Waals surface area contributed by atoms with Crippen molar-refractivity contribution in [3.8, 4) is 0 Å². The van der Waals surface area contributed by atoms with Crippen molar-refractivity contribution in [3.63, 3.8) is 0 Å². The van der Waals surface area contributed by atoms with Crippen LogP contribution >= 0.6 is 0 Å². The van der Waals surface area contributed by atoms with Gasteiger partial charge in [-0.25, -0.2) is 0 Å². The van der Waals surface area contributed by atoms with Crippen LogP contribution in [0.5, 0.6) is 0 Å². The molecule has 124 valence electrons. The zero-order chi connectivity index (χ0) is 16.4. The van der Waals surface area contributed by atoms with Crippen LogP contribution in [-0.2, 0) is 4.74 Å². The second-order valence-electron chi connectivity index (χ2n) is 7.81. The van der Waals surface area contributed by atoms with Crippen LogP contribution in [0.25, 0.3) is 0 Å². The number of ether oxygens (including phenoxy) is 1. The Balaban J connectivity index is 2.18. The zero-order valence-corrected chi connectivity index (χ0v) is 14.9. The van der Waals surface area contributed by atoms with E-state index in [1.807, 2.05) is 13.8 Å². The van der Waals surface area contributed by atoms with Gasteiger partial charge < -0.3 is 9.84 Å². The molecule has 0 spiro atoms. The van der Waals surface area contributed by atoms with Gasteiger partial charge in [-0.2, -0.15) is 0 Å². The monoisotopic (exact) mass is 304 g/mol. The highest BCUT2D eigenvalue weighted by atomic mass is 16.6. The molecule has 1 aliphatic heterocycles. The van der Waals surface area contributed by atoms with Crippen molar-refractivity contribution in [3.05, 3.63) is 34.9 Å². The fraction of sp³-hybridized carbons (Fsp3) is 0.700. The lowest BCUT2D eigenvalue weighted by Crippen LogP contribution is -2.23. The van der Waals surface area contributed by atoms with E-state index < -0.39 is 5.60 Å². The number of allylic oxidation sites excluding steroid dienone is 5. The quantitative estimate of drug-likeness (QED) is 0.541. The predicted molar refractivity (Wildman–Crippen MR) is 92.9 cm³/mol. The van der Waals surface area contributed by atoms with E-state index in [1.165, 1.54) is 11.1 Å². The van der Waals surface area contributed by atoms with E-state index in [-0.39, 0.29) is 5.60 Å². The van der Waals surface area contributed by atoms with Crippen LogP contribution < -0.4 is 0 Å². The second kappa shape index (κ2) is 6.72. The van der Waals surface area contributed by atoms with E-state index >= 15 is 0 Å². The molecular weight excluding hydrogens is 272 g/mol. The number of aliphatic hydroxyl groups is 1. The first-order chi connectivity index (χ1) is 10.2. The molecule has 2 nitrogen and oxygen atoms in total. The molecule has 2 atom stereocenters. The topological polar surface area (TPSA) is 32.8 Å². The Morgan fingerprint density at radius 2 is 1.86 bits per heavy atom. The van der Waals surface area contributed by atoms with Crippen LogP contribution in [0.15, 0.2) is 34.9 Å². The predicted octanol–water partition coefficient (Wildman–Crippen LogP) is 5.09. The highest BCUT2D eigenvalue weighted by Crippen LogP contribution is 2.44. The molecule has 1 fully saturated rings. The molecule has 2 aliphatic rings. The van der Waals surface area contributed by atoms with Crippen molar-refractivity contribution in [1.29, 1.82) is 0 Å². The Labute approximate surface area is 136 Å². The summed E-state index contributed by atoms with van der Waals surface area (Å²) in [4.78, 5) is 0. The van der Waals surface area contributed by atoms with E-state index in [0.29, 0.717) is 6.10 Å². The fourth-order valence-corrected chi connectivity index (χ4v) is 3.18. The first kappa shape index (κ1) is 17.5. The van der Waals surface area contributed by atoms with Crippen molar-refractivity contribution in [2.24, 2.45) is 0 Å². The third-order valence-electron chi connectivity index (χ3n) is 5.11. The standard InChI is InChI=1S/C20H32O2/c1-15-7-6-8-16(2)10-12-18-20(5,22-18)14-13-17(11-9-15)19(3,4)21/h8-9,11,18,21H,6-7,10,12-14H2,1-5H3/b15-9+,16-8+,17-11+/t18?,20-/m1/s1. The Kier molecular flexibility index (Phi) is 5.34. The van der Waals surface area contributed by atoms with E-state index in [1.54, 1.807) is 0 Å². The number of fused-ring (bicyclic) bond motifs is 1. The summed E-state index contributed by atoms with van der Waals surface area (Å²) in [6, 6.07) is 0. The first-order valence-electron chi connectivity index (χ1n) is 8.63. The highest BCUT2D eigenvalue weighted by Gasteiger charge is 2.51. The largest absolute Gasteiger partial charge is 0.386 e. The molecule has 22 heavy (non-hydrogen) atoms.